The number of hydrogen-bond acceptors (Lipinski definition) is 8. The molecule has 4 aromatic rings. The summed E-state index contributed by atoms with van der Waals surface area (Å²) in [5.74, 6) is 1.30. The van der Waals surface area contributed by atoms with E-state index in [0.717, 1.165) is 5.56 Å². The number of amides is 2. The quantitative estimate of drug-likeness (QED) is 0.479. The molecule has 0 spiro atoms. The summed E-state index contributed by atoms with van der Waals surface area (Å²) in [6.07, 6.45) is 5.03. The summed E-state index contributed by atoms with van der Waals surface area (Å²) in [6, 6.07) is 5.15. The maximum Gasteiger partial charge on any atom is 0.320 e. The van der Waals surface area contributed by atoms with Gasteiger partial charge in [-0.15, -0.1) is 0 Å². The summed E-state index contributed by atoms with van der Waals surface area (Å²) in [5, 5.41) is 12.0. The number of rotatable bonds is 5. The van der Waals surface area contributed by atoms with Crippen molar-refractivity contribution in [3.05, 3.63) is 36.8 Å². The lowest BCUT2D eigenvalue weighted by molar-refractivity contribution is 0.252. The Labute approximate surface area is 159 Å². The number of anilines is 2. The van der Waals surface area contributed by atoms with Gasteiger partial charge < -0.3 is 15.2 Å². The Morgan fingerprint density at radius 1 is 1.29 bits per heavy atom. The molecule has 3 N–H and O–H groups in total. The summed E-state index contributed by atoms with van der Waals surface area (Å²) in [6.45, 7) is 2.34. The molecular weight excluding hydrogens is 362 g/mol. The SMILES string of the molecule is CCNC(=O)Nc1cn2c(-c3nc(NC)no3)nc(-c3cccnc3)cc2n1. The molecule has 4 aromatic heterocycles. The molecule has 11 heteroatoms. The third-order valence-electron chi connectivity index (χ3n) is 3.83. The molecular formula is C17H17N9O2. The van der Waals surface area contributed by atoms with E-state index in [1.807, 2.05) is 19.1 Å². The molecule has 0 aliphatic heterocycles. The molecule has 0 aromatic carbocycles. The Balaban J connectivity index is 1.85. The van der Waals surface area contributed by atoms with Crippen LogP contribution in [0.4, 0.5) is 16.6 Å². The lowest BCUT2D eigenvalue weighted by Gasteiger charge is -2.04. The standard InChI is InChI=1S/C17H17N9O2/c1-3-20-17(27)23-12-9-26-13(22-12)7-11(10-5-4-6-19-8-10)21-14(26)15-24-16(18-2)25-28-15/h4-9H,3H2,1-2H3,(H,18,25)(H2,20,23,27). The highest BCUT2D eigenvalue weighted by Gasteiger charge is 2.18. The van der Waals surface area contributed by atoms with Gasteiger partial charge in [0.05, 0.1) is 11.9 Å². The summed E-state index contributed by atoms with van der Waals surface area (Å²) >= 11 is 0. The van der Waals surface area contributed by atoms with Crippen LogP contribution in [-0.4, -0.2) is 49.1 Å². The van der Waals surface area contributed by atoms with Crippen molar-refractivity contribution in [1.29, 1.82) is 0 Å². The minimum Gasteiger partial charge on any atom is -0.355 e. The van der Waals surface area contributed by atoms with E-state index in [2.05, 4.69) is 41.0 Å². The zero-order valence-electron chi connectivity index (χ0n) is 15.2. The van der Waals surface area contributed by atoms with Gasteiger partial charge in [-0.2, -0.15) is 4.98 Å². The molecule has 0 atom stereocenters. The van der Waals surface area contributed by atoms with Crippen molar-refractivity contribution < 1.29 is 9.32 Å². The van der Waals surface area contributed by atoms with E-state index < -0.39 is 0 Å². The maximum atomic E-state index is 11.8. The fourth-order valence-corrected chi connectivity index (χ4v) is 2.60. The highest BCUT2D eigenvalue weighted by molar-refractivity contribution is 5.88. The molecule has 0 saturated heterocycles. The number of pyridine rings is 1. The Hall–Kier alpha value is -4.02. The van der Waals surface area contributed by atoms with Crippen molar-refractivity contribution in [2.75, 3.05) is 24.2 Å². The number of imidazole rings is 1. The van der Waals surface area contributed by atoms with Gasteiger partial charge >= 0.3 is 6.03 Å². The van der Waals surface area contributed by atoms with Gasteiger partial charge in [-0.3, -0.25) is 14.7 Å². The number of carbonyl (C=O) groups excluding carboxylic acids is 1. The van der Waals surface area contributed by atoms with Crippen LogP contribution in [0.1, 0.15) is 6.92 Å². The first-order valence-electron chi connectivity index (χ1n) is 8.55. The second-order valence-corrected chi connectivity index (χ2v) is 5.72. The van der Waals surface area contributed by atoms with Crippen LogP contribution in [-0.2, 0) is 0 Å². The normalized spacial score (nSPS) is 10.8. The molecule has 0 bridgehead atoms. The topological polar surface area (TPSA) is 135 Å². The molecule has 0 unspecified atom stereocenters. The smallest absolute Gasteiger partial charge is 0.320 e. The number of fused-ring (bicyclic) bond motifs is 1. The fraction of sp³-hybridized carbons (Fsp3) is 0.176. The van der Waals surface area contributed by atoms with E-state index in [0.29, 0.717) is 35.5 Å². The van der Waals surface area contributed by atoms with E-state index in [1.165, 1.54) is 0 Å². The predicted molar refractivity (Wildman–Crippen MR) is 102 cm³/mol. The number of aromatic nitrogens is 6. The highest BCUT2D eigenvalue weighted by Crippen LogP contribution is 2.25. The molecule has 0 radical (unpaired) electrons. The van der Waals surface area contributed by atoms with E-state index in [1.54, 1.807) is 36.1 Å². The van der Waals surface area contributed by atoms with Gasteiger partial charge in [-0.1, -0.05) is 0 Å². The Morgan fingerprint density at radius 3 is 2.89 bits per heavy atom. The van der Waals surface area contributed by atoms with Crippen molar-refractivity contribution in [2.45, 2.75) is 6.92 Å². The number of urea groups is 1. The third-order valence-corrected chi connectivity index (χ3v) is 3.83. The zero-order chi connectivity index (χ0) is 19.5. The molecule has 0 aliphatic rings. The van der Waals surface area contributed by atoms with Crippen molar-refractivity contribution >= 4 is 23.4 Å². The van der Waals surface area contributed by atoms with Crippen molar-refractivity contribution in [3.63, 3.8) is 0 Å². The van der Waals surface area contributed by atoms with Gasteiger partial charge in [0, 0.05) is 37.6 Å². The van der Waals surface area contributed by atoms with E-state index in [-0.39, 0.29) is 11.9 Å². The second kappa shape index (κ2) is 7.31. The summed E-state index contributed by atoms with van der Waals surface area (Å²) in [5.41, 5.74) is 2.00. The Bertz CT molecular complexity index is 1120. The first kappa shape index (κ1) is 17.4. The van der Waals surface area contributed by atoms with Crippen LogP contribution in [0.25, 0.3) is 28.6 Å². The Morgan fingerprint density at radius 2 is 2.18 bits per heavy atom. The van der Waals surface area contributed by atoms with Crippen LogP contribution in [0.15, 0.2) is 41.3 Å². The number of nitrogens with zero attached hydrogens (tertiary/aromatic N) is 6. The van der Waals surface area contributed by atoms with Gasteiger partial charge in [0.2, 0.25) is 5.82 Å². The van der Waals surface area contributed by atoms with Crippen LogP contribution < -0.4 is 16.0 Å². The lowest BCUT2D eigenvalue weighted by atomic mass is 10.2. The van der Waals surface area contributed by atoms with Crippen LogP contribution in [0, 0.1) is 0 Å². The van der Waals surface area contributed by atoms with Crippen molar-refractivity contribution in [1.82, 2.24) is 34.8 Å². The monoisotopic (exact) mass is 379 g/mol. The number of nitrogens with one attached hydrogen (secondary N) is 3. The van der Waals surface area contributed by atoms with Crippen LogP contribution >= 0.6 is 0 Å². The molecule has 2 amide bonds. The van der Waals surface area contributed by atoms with Crippen molar-refractivity contribution in [2.24, 2.45) is 0 Å². The van der Waals surface area contributed by atoms with E-state index in [9.17, 15) is 4.79 Å². The molecule has 4 heterocycles. The fourth-order valence-electron chi connectivity index (χ4n) is 2.60. The van der Waals surface area contributed by atoms with Gasteiger partial charge in [-0.25, -0.2) is 14.8 Å². The highest BCUT2D eigenvalue weighted by atomic mass is 16.5. The van der Waals surface area contributed by atoms with Crippen LogP contribution in [0.2, 0.25) is 0 Å². The average molecular weight is 379 g/mol. The minimum atomic E-state index is -0.344. The van der Waals surface area contributed by atoms with E-state index >= 15 is 0 Å². The van der Waals surface area contributed by atoms with Gasteiger partial charge in [0.15, 0.2) is 5.82 Å². The van der Waals surface area contributed by atoms with Gasteiger partial charge in [-0.05, 0) is 24.2 Å². The van der Waals surface area contributed by atoms with E-state index in [4.69, 9.17) is 4.52 Å². The Kier molecular flexibility index (Phi) is 4.54. The van der Waals surface area contributed by atoms with Crippen LogP contribution in [0.3, 0.4) is 0 Å². The summed E-state index contributed by atoms with van der Waals surface area (Å²) in [7, 11) is 1.69. The zero-order valence-corrected chi connectivity index (χ0v) is 15.2. The number of carbonyl (C=O) groups is 1. The predicted octanol–water partition coefficient (Wildman–Crippen LogP) is 2.02. The third kappa shape index (κ3) is 3.32. The number of hydrogen-bond donors (Lipinski definition) is 3. The second-order valence-electron chi connectivity index (χ2n) is 5.72. The van der Waals surface area contributed by atoms with Crippen molar-refractivity contribution in [3.8, 4) is 23.0 Å². The molecule has 0 saturated carbocycles. The largest absolute Gasteiger partial charge is 0.355 e. The minimum absolute atomic E-state index is 0.210. The molecule has 0 fully saturated rings. The molecule has 28 heavy (non-hydrogen) atoms. The van der Waals surface area contributed by atoms with Crippen LogP contribution in [0.5, 0.6) is 0 Å². The first-order chi connectivity index (χ1) is 13.7. The molecule has 4 rings (SSSR count). The summed E-state index contributed by atoms with van der Waals surface area (Å²) < 4.78 is 6.99. The molecule has 11 nitrogen and oxygen atoms in total. The molecule has 142 valence electrons. The molecule has 0 aliphatic carbocycles. The first-order valence-corrected chi connectivity index (χ1v) is 8.55. The van der Waals surface area contributed by atoms with Gasteiger partial charge in [0.1, 0.15) is 5.65 Å². The lowest BCUT2D eigenvalue weighted by Crippen LogP contribution is -2.28. The van der Waals surface area contributed by atoms with Gasteiger partial charge in [0.25, 0.3) is 11.8 Å². The summed E-state index contributed by atoms with van der Waals surface area (Å²) in [4.78, 5) is 29.3. The maximum absolute atomic E-state index is 11.8. The average Bonchev–Trinajstić information content (AvgIpc) is 3.34.